The lowest BCUT2D eigenvalue weighted by Gasteiger charge is -2.25. The number of carbonyl (C=O) groups is 1. The zero-order valence-electron chi connectivity index (χ0n) is 21.4. The Labute approximate surface area is 225 Å². The van der Waals surface area contributed by atoms with E-state index in [1.807, 2.05) is 12.1 Å². The van der Waals surface area contributed by atoms with Crippen LogP contribution in [0.3, 0.4) is 0 Å². The van der Waals surface area contributed by atoms with Crippen molar-refractivity contribution in [2.45, 2.75) is 31.9 Å². The van der Waals surface area contributed by atoms with Crippen LogP contribution < -0.4 is 15.1 Å². The van der Waals surface area contributed by atoms with Gasteiger partial charge in [-0.3, -0.25) is 9.10 Å². The summed E-state index contributed by atoms with van der Waals surface area (Å²) in [5.41, 5.74) is 4.52. The Hall–Kier alpha value is -3.67. The highest BCUT2D eigenvalue weighted by atomic mass is 32.2. The smallest absolute Gasteiger partial charge is 0.455 e. The van der Waals surface area contributed by atoms with Crippen molar-refractivity contribution in [2.75, 3.05) is 17.6 Å². The molecule has 2 N–H and O–H groups in total. The van der Waals surface area contributed by atoms with Crippen LogP contribution in [0, 0.1) is 5.82 Å². The standard InChI is InChI=1S/C28H26BFN2O6S/c1-31-28(33)26-22-12-21(17-7-8-17)24(13-25(22)38-27(26)18-4-3-5-20(30)11-18)32(39(2,35)36)14-16-6-9-23-19(10-16)15-37-29(23)34/h3-6,9-13,17,34H,7-8,14-15H2,1-2H3,(H,31,33). The zero-order chi connectivity index (χ0) is 27.5. The average Bonchev–Trinajstić information content (AvgIpc) is 3.59. The lowest BCUT2D eigenvalue weighted by Crippen LogP contribution is -2.31. The number of anilines is 1. The molecule has 3 aromatic carbocycles. The van der Waals surface area contributed by atoms with Crippen LogP contribution in [-0.4, -0.2) is 39.8 Å². The van der Waals surface area contributed by atoms with Crippen molar-refractivity contribution in [1.29, 1.82) is 0 Å². The molecule has 200 valence electrons. The summed E-state index contributed by atoms with van der Waals surface area (Å²) < 4.78 is 53.2. The maximum Gasteiger partial charge on any atom is 0.491 e. The average molecular weight is 548 g/mol. The molecule has 11 heteroatoms. The molecule has 0 bridgehead atoms. The van der Waals surface area contributed by atoms with Gasteiger partial charge in [-0.05, 0) is 59.1 Å². The first-order valence-corrected chi connectivity index (χ1v) is 14.5. The number of furan rings is 1. The number of nitrogens with one attached hydrogen (secondary N) is 1. The first-order valence-electron chi connectivity index (χ1n) is 12.6. The second-order valence-corrected chi connectivity index (χ2v) is 12.0. The Morgan fingerprint density at radius 1 is 1.18 bits per heavy atom. The highest BCUT2D eigenvalue weighted by molar-refractivity contribution is 7.92. The quantitative estimate of drug-likeness (QED) is 0.342. The van der Waals surface area contributed by atoms with Crippen LogP contribution in [0.2, 0.25) is 0 Å². The first-order chi connectivity index (χ1) is 18.6. The van der Waals surface area contributed by atoms with Gasteiger partial charge in [0.15, 0.2) is 0 Å². The number of carbonyl (C=O) groups excluding carboxylic acids is 1. The lowest BCUT2D eigenvalue weighted by molar-refractivity contribution is 0.0964. The maximum absolute atomic E-state index is 14.1. The molecule has 1 aromatic heterocycles. The van der Waals surface area contributed by atoms with E-state index < -0.39 is 23.0 Å². The summed E-state index contributed by atoms with van der Waals surface area (Å²) in [6.07, 6.45) is 2.95. The molecule has 0 spiro atoms. The highest BCUT2D eigenvalue weighted by Crippen LogP contribution is 2.48. The maximum atomic E-state index is 14.1. The van der Waals surface area contributed by atoms with Crippen LogP contribution in [0.5, 0.6) is 0 Å². The fraction of sp³-hybridized carbons (Fsp3) is 0.250. The number of rotatable bonds is 7. The summed E-state index contributed by atoms with van der Waals surface area (Å²) in [5, 5.41) is 13.1. The van der Waals surface area contributed by atoms with Crippen LogP contribution in [0.1, 0.15) is 45.8 Å². The van der Waals surface area contributed by atoms with Gasteiger partial charge in [-0.25, -0.2) is 12.8 Å². The van der Waals surface area contributed by atoms with Crippen LogP contribution >= 0.6 is 0 Å². The van der Waals surface area contributed by atoms with E-state index in [-0.39, 0.29) is 36.3 Å². The number of hydrogen-bond donors (Lipinski definition) is 2. The van der Waals surface area contributed by atoms with Crippen molar-refractivity contribution >= 4 is 45.2 Å². The molecule has 1 saturated carbocycles. The number of benzene rings is 3. The van der Waals surface area contributed by atoms with Gasteiger partial charge in [-0.1, -0.05) is 30.3 Å². The Balaban J connectivity index is 1.52. The molecule has 0 saturated heterocycles. The van der Waals surface area contributed by atoms with Crippen molar-refractivity contribution in [3.63, 3.8) is 0 Å². The summed E-state index contributed by atoms with van der Waals surface area (Å²) in [5.74, 6) is -0.496. The molecule has 2 aliphatic rings. The zero-order valence-corrected chi connectivity index (χ0v) is 22.2. The fourth-order valence-electron chi connectivity index (χ4n) is 5.20. The van der Waals surface area contributed by atoms with Crippen LogP contribution in [0.4, 0.5) is 10.1 Å². The molecule has 1 aliphatic carbocycles. The van der Waals surface area contributed by atoms with Crippen molar-refractivity contribution in [3.8, 4) is 11.3 Å². The summed E-state index contributed by atoms with van der Waals surface area (Å²) >= 11 is 0. The third-order valence-electron chi connectivity index (χ3n) is 7.26. The predicted octanol–water partition coefficient (Wildman–Crippen LogP) is 3.66. The second-order valence-electron chi connectivity index (χ2n) is 10.0. The van der Waals surface area contributed by atoms with Gasteiger partial charge in [0.05, 0.1) is 30.7 Å². The minimum Gasteiger partial charge on any atom is -0.455 e. The van der Waals surface area contributed by atoms with Crippen molar-refractivity contribution < 1.29 is 31.7 Å². The lowest BCUT2D eigenvalue weighted by atomic mass is 9.79. The van der Waals surface area contributed by atoms with Gasteiger partial charge in [-0.15, -0.1) is 0 Å². The molecule has 1 amide bonds. The van der Waals surface area contributed by atoms with E-state index in [0.29, 0.717) is 27.7 Å². The topological polar surface area (TPSA) is 109 Å². The summed E-state index contributed by atoms with van der Waals surface area (Å²) in [6, 6.07) is 14.7. The van der Waals surface area contributed by atoms with E-state index in [1.165, 1.54) is 23.5 Å². The van der Waals surface area contributed by atoms with E-state index in [0.717, 1.165) is 35.8 Å². The Bertz CT molecular complexity index is 1730. The number of halogens is 1. The van der Waals surface area contributed by atoms with E-state index in [9.17, 15) is 22.6 Å². The third-order valence-corrected chi connectivity index (χ3v) is 8.39. The summed E-state index contributed by atoms with van der Waals surface area (Å²) in [6.45, 7) is 0.313. The van der Waals surface area contributed by atoms with Gasteiger partial charge in [-0.2, -0.15) is 0 Å². The molecule has 2 heterocycles. The van der Waals surface area contributed by atoms with Gasteiger partial charge in [0, 0.05) is 24.1 Å². The second kappa shape index (κ2) is 9.51. The molecule has 8 nitrogen and oxygen atoms in total. The minimum atomic E-state index is -3.74. The molecule has 6 rings (SSSR count). The van der Waals surface area contributed by atoms with Gasteiger partial charge in [0.2, 0.25) is 10.0 Å². The number of hydrogen-bond acceptors (Lipinski definition) is 6. The van der Waals surface area contributed by atoms with Gasteiger partial charge in [0.25, 0.3) is 5.91 Å². The minimum absolute atomic E-state index is 0.0627. The molecular formula is C28H26BFN2O6S. The molecule has 0 radical (unpaired) electrons. The molecule has 0 atom stereocenters. The Morgan fingerprint density at radius 3 is 2.67 bits per heavy atom. The first kappa shape index (κ1) is 25.6. The fourth-order valence-corrected chi connectivity index (χ4v) is 6.10. The van der Waals surface area contributed by atoms with E-state index >= 15 is 0 Å². The van der Waals surface area contributed by atoms with E-state index in [1.54, 1.807) is 30.3 Å². The molecule has 1 fully saturated rings. The van der Waals surface area contributed by atoms with Crippen molar-refractivity contribution in [1.82, 2.24) is 5.32 Å². The monoisotopic (exact) mass is 548 g/mol. The van der Waals surface area contributed by atoms with E-state index in [2.05, 4.69) is 5.32 Å². The molecule has 1 aliphatic heterocycles. The van der Waals surface area contributed by atoms with Gasteiger partial charge in [0.1, 0.15) is 17.2 Å². The van der Waals surface area contributed by atoms with Crippen molar-refractivity contribution in [3.05, 3.63) is 82.7 Å². The van der Waals surface area contributed by atoms with Crippen LogP contribution in [-0.2, 0) is 27.8 Å². The number of fused-ring (bicyclic) bond motifs is 2. The number of nitrogens with zero attached hydrogens (tertiary/aromatic N) is 1. The van der Waals surface area contributed by atoms with Crippen molar-refractivity contribution in [2.24, 2.45) is 0 Å². The summed E-state index contributed by atoms with van der Waals surface area (Å²) in [4.78, 5) is 13.0. The Kier molecular flexibility index (Phi) is 6.24. The highest BCUT2D eigenvalue weighted by Gasteiger charge is 2.34. The van der Waals surface area contributed by atoms with E-state index in [4.69, 9.17) is 9.07 Å². The predicted molar refractivity (Wildman–Crippen MR) is 147 cm³/mol. The third kappa shape index (κ3) is 4.71. The molecule has 39 heavy (non-hydrogen) atoms. The Morgan fingerprint density at radius 2 is 1.97 bits per heavy atom. The molecular weight excluding hydrogens is 522 g/mol. The summed E-state index contributed by atoms with van der Waals surface area (Å²) in [7, 11) is -3.21. The normalized spacial score (nSPS) is 15.0. The van der Waals surface area contributed by atoms with Gasteiger partial charge >= 0.3 is 7.12 Å². The number of amides is 1. The number of sulfonamides is 1. The largest absolute Gasteiger partial charge is 0.491 e. The van der Waals surface area contributed by atoms with Gasteiger partial charge < -0.3 is 19.4 Å². The van der Waals surface area contributed by atoms with Crippen LogP contribution in [0.25, 0.3) is 22.3 Å². The van der Waals surface area contributed by atoms with Crippen LogP contribution in [0.15, 0.2) is 59.0 Å². The molecule has 0 unspecified atom stereocenters. The molecule has 4 aromatic rings. The SMILES string of the molecule is CNC(=O)c1c(-c2cccc(F)c2)oc2cc(N(Cc3ccc4c(c3)COB4O)S(C)(=O)=O)c(C3CC3)cc12.